The summed E-state index contributed by atoms with van der Waals surface area (Å²) in [5.74, 6) is -0.152. The van der Waals surface area contributed by atoms with Crippen LogP contribution < -0.4 is 5.32 Å². The minimum atomic E-state index is -1.17. The van der Waals surface area contributed by atoms with E-state index < -0.39 is 11.0 Å². The monoisotopic (exact) mass is 284 g/mol. The van der Waals surface area contributed by atoms with E-state index in [2.05, 4.69) is 15.4 Å². The molecule has 2 heterocycles. The number of carbonyl (C=O) groups excluding carboxylic acids is 1. The number of hydrogen-bond acceptors (Lipinski definition) is 5. The van der Waals surface area contributed by atoms with Crippen LogP contribution in [0.4, 0.5) is 5.13 Å². The van der Waals surface area contributed by atoms with Crippen molar-refractivity contribution in [2.45, 2.75) is 13.8 Å². The fourth-order valence-electron chi connectivity index (χ4n) is 1.43. The van der Waals surface area contributed by atoms with Crippen molar-refractivity contribution in [3.63, 3.8) is 0 Å². The van der Waals surface area contributed by atoms with Crippen LogP contribution in [0.1, 0.15) is 12.6 Å². The Kier molecular flexibility index (Phi) is 3.58. The summed E-state index contributed by atoms with van der Waals surface area (Å²) in [6, 6.07) is 0. The van der Waals surface area contributed by atoms with Crippen LogP contribution in [-0.2, 0) is 15.8 Å². The summed E-state index contributed by atoms with van der Waals surface area (Å²) in [4.78, 5) is 16.1. The van der Waals surface area contributed by atoms with E-state index >= 15 is 0 Å². The van der Waals surface area contributed by atoms with Gasteiger partial charge < -0.3 is 5.32 Å². The van der Waals surface area contributed by atoms with E-state index in [4.69, 9.17) is 0 Å². The molecule has 1 amide bonds. The molecule has 1 N–H and O–H groups in total. The Morgan fingerprint density at radius 3 is 2.83 bits per heavy atom. The van der Waals surface area contributed by atoms with Gasteiger partial charge in [0, 0.05) is 24.9 Å². The maximum Gasteiger partial charge on any atom is 0.223 e. The van der Waals surface area contributed by atoms with Crippen LogP contribution >= 0.6 is 11.3 Å². The molecule has 0 saturated carbocycles. The van der Waals surface area contributed by atoms with Gasteiger partial charge in [-0.25, -0.2) is 9.19 Å². The van der Waals surface area contributed by atoms with Gasteiger partial charge in [0.15, 0.2) is 5.13 Å². The highest BCUT2D eigenvalue weighted by Crippen LogP contribution is 2.32. The van der Waals surface area contributed by atoms with E-state index in [9.17, 15) is 9.00 Å². The van der Waals surface area contributed by atoms with E-state index in [0.717, 1.165) is 16.1 Å². The lowest BCUT2D eigenvalue weighted by Gasteiger charge is -1.93. The summed E-state index contributed by atoms with van der Waals surface area (Å²) in [7, 11) is -1.17. The molecule has 0 aliphatic heterocycles. The Morgan fingerprint density at radius 2 is 2.28 bits per heavy atom. The molecule has 2 aromatic rings. The lowest BCUT2D eigenvalue weighted by atomic mass is 10.2. The lowest BCUT2D eigenvalue weighted by Crippen LogP contribution is -2.04. The quantitative estimate of drug-likeness (QED) is 0.924. The summed E-state index contributed by atoms with van der Waals surface area (Å²) in [6.07, 6.45) is 4.90. The van der Waals surface area contributed by atoms with Crippen LogP contribution in [-0.4, -0.2) is 30.5 Å². The first-order chi connectivity index (χ1) is 8.47. The Labute approximate surface area is 111 Å². The molecule has 0 radical (unpaired) electrons. The number of hydrogen-bond donors (Lipinski definition) is 1. The summed E-state index contributed by atoms with van der Waals surface area (Å²) >= 11 is 1.37. The summed E-state index contributed by atoms with van der Waals surface area (Å²) < 4.78 is 12.6. The molecule has 6 nitrogen and oxygen atoms in total. The number of nitrogens with one attached hydrogen (secondary N) is 1. The van der Waals surface area contributed by atoms with Gasteiger partial charge in [-0.1, -0.05) is 11.3 Å². The van der Waals surface area contributed by atoms with Crippen molar-refractivity contribution in [1.82, 2.24) is 14.2 Å². The Balaban J connectivity index is 2.34. The molecule has 18 heavy (non-hydrogen) atoms. The lowest BCUT2D eigenvalue weighted by molar-refractivity contribution is -0.114. The first kappa shape index (κ1) is 12.9. The maximum absolute atomic E-state index is 11.3. The van der Waals surface area contributed by atoms with Gasteiger partial charge in [-0.15, -0.1) is 0 Å². The van der Waals surface area contributed by atoms with Crippen molar-refractivity contribution in [3.8, 4) is 10.4 Å². The SMILES string of the molecule is CC(=O)Nc1nc(C)c(-c2cnn(S(C)=O)c2)s1. The number of nitrogens with zero attached hydrogens (tertiary/aromatic N) is 3. The van der Waals surface area contributed by atoms with Crippen molar-refractivity contribution in [1.29, 1.82) is 0 Å². The fourth-order valence-corrected chi connectivity index (χ4v) is 2.86. The molecular weight excluding hydrogens is 272 g/mol. The fraction of sp³-hybridized carbons (Fsp3) is 0.300. The number of aryl methyl sites for hydroxylation is 1. The smallest absolute Gasteiger partial charge is 0.223 e. The number of amides is 1. The first-order valence-corrected chi connectivity index (χ1v) is 7.44. The minimum absolute atomic E-state index is 0.152. The molecular formula is C10H12N4O2S2. The van der Waals surface area contributed by atoms with Crippen molar-refractivity contribution in [2.24, 2.45) is 0 Å². The van der Waals surface area contributed by atoms with Crippen molar-refractivity contribution in [3.05, 3.63) is 18.1 Å². The molecule has 2 rings (SSSR count). The highest BCUT2D eigenvalue weighted by Gasteiger charge is 2.12. The van der Waals surface area contributed by atoms with Crippen LogP contribution in [0.3, 0.4) is 0 Å². The van der Waals surface area contributed by atoms with Crippen LogP contribution in [0.5, 0.6) is 0 Å². The number of anilines is 1. The normalized spacial score (nSPS) is 12.4. The van der Waals surface area contributed by atoms with E-state index in [1.807, 2.05) is 6.92 Å². The van der Waals surface area contributed by atoms with Crippen LogP contribution in [0.2, 0.25) is 0 Å². The van der Waals surface area contributed by atoms with Gasteiger partial charge in [-0.05, 0) is 6.92 Å². The van der Waals surface area contributed by atoms with E-state index in [1.165, 1.54) is 22.3 Å². The molecule has 0 saturated heterocycles. The molecule has 0 spiro atoms. The molecule has 0 fully saturated rings. The summed E-state index contributed by atoms with van der Waals surface area (Å²) in [5.41, 5.74) is 1.65. The highest BCUT2D eigenvalue weighted by molar-refractivity contribution is 7.82. The molecule has 0 aliphatic carbocycles. The van der Waals surface area contributed by atoms with Gasteiger partial charge in [0.2, 0.25) is 5.91 Å². The zero-order chi connectivity index (χ0) is 13.3. The number of carbonyl (C=O) groups is 1. The highest BCUT2D eigenvalue weighted by atomic mass is 32.2. The van der Waals surface area contributed by atoms with Gasteiger partial charge >= 0.3 is 0 Å². The second-order valence-electron chi connectivity index (χ2n) is 3.67. The second kappa shape index (κ2) is 4.99. The molecule has 0 aromatic carbocycles. The van der Waals surface area contributed by atoms with E-state index in [1.54, 1.807) is 18.6 Å². The first-order valence-electron chi connectivity index (χ1n) is 5.11. The Bertz CT molecular complexity index is 617. The van der Waals surface area contributed by atoms with Gasteiger partial charge in [0.25, 0.3) is 0 Å². The molecule has 96 valence electrons. The predicted octanol–water partition coefficient (Wildman–Crippen LogP) is 1.42. The predicted molar refractivity (Wildman–Crippen MR) is 71.8 cm³/mol. The molecule has 2 aromatic heterocycles. The number of thiazole rings is 1. The van der Waals surface area contributed by atoms with Gasteiger partial charge in [-0.2, -0.15) is 9.19 Å². The van der Waals surface area contributed by atoms with E-state index in [0.29, 0.717) is 5.13 Å². The van der Waals surface area contributed by atoms with Gasteiger partial charge in [0.05, 0.1) is 16.8 Å². The van der Waals surface area contributed by atoms with Gasteiger partial charge in [0.1, 0.15) is 11.0 Å². The zero-order valence-electron chi connectivity index (χ0n) is 10.1. The average molecular weight is 284 g/mol. The third-order valence-corrected chi connectivity index (χ3v) is 4.01. The van der Waals surface area contributed by atoms with Crippen LogP contribution in [0, 0.1) is 6.92 Å². The van der Waals surface area contributed by atoms with Crippen LogP contribution in [0.15, 0.2) is 12.4 Å². The zero-order valence-corrected chi connectivity index (χ0v) is 11.8. The number of rotatable bonds is 3. The molecule has 1 unspecified atom stereocenters. The summed E-state index contributed by atoms with van der Waals surface area (Å²) in [5, 5.41) is 7.21. The maximum atomic E-state index is 11.3. The topological polar surface area (TPSA) is 76.9 Å². The molecule has 1 atom stereocenters. The molecule has 0 bridgehead atoms. The van der Waals surface area contributed by atoms with E-state index in [-0.39, 0.29) is 5.91 Å². The largest absolute Gasteiger partial charge is 0.302 e. The minimum Gasteiger partial charge on any atom is -0.302 e. The molecule has 0 aliphatic rings. The van der Waals surface area contributed by atoms with Crippen molar-refractivity contribution < 1.29 is 9.00 Å². The molecule has 8 heteroatoms. The number of aromatic nitrogens is 3. The Morgan fingerprint density at radius 1 is 1.56 bits per heavy atom. The Hall–Kier alpha value is -1.54. The van der Waals surface area contributed by atoms with Crippen molar-refractivity contribution >= 4 is 33.4 Å². The standard InChI is InChI=1S/C10H12N4O2S2/c1-6-9(17-10(12-6)13-7(2)15)8-4-11-14(5-8)18(3)16/h4-5H,1-3H3,(H,12,13,15). The average Bonchev–Trinajstić information content (AvgIpc) is 2.83. The summed E-state index contributed by atoms with van der Waals surface area (Å²) in [6.45, 7) is 3.30. The van der Waals surface area contributed by atoms with Crippen LogP contribution in [0.25, 0.3) is 10.4 Å². The van der Waals surface area contributed by atoms with Gasteiger partial charge in [-0.3, -0.25) is 4.79 Å². The third kappa shape index (κ3) is 2.65. The third-order valence-electron chi connectivity index (χ3n) is 2.17. The second-order valence-corrected chi connectivity index (χ2v) is 5.89. The van der Waals surface area contributed by atoms with Crippen molar-refractivity contribution in [2.75, 3.05) is 11.6 Å².